The van der Waals surface area contributed by atoms with E-state index in [1.54, 1.807) is 0 Å². The minimum Gasteiger partial charge on any atom is -0.312 e. The van der Waals surface area contributed by atoms with Gasteiger partial charge in [-0.2, -0.15) is 0 Å². The second kappa shape index (κ2) is 3.66. The van der Waals surface area contributed by atoms with Crippen molar-refractivity contribution in [3.63, 3.8) is 0 Å². The maximum Gasteiger partial charge on any atom is 0.250 e. The number of piperidine rings is 1. The number of rotatable bonds is 2. The SMILES string of the molecule is CN(C)C[C@@H]1CC(F)(F)CCN1. The van der Waals surface area contributed by atoms with Crippen molar-refractivity contribution in [3.8, 4) is 0 Å². The van der Waals surface area contributed by atoms with Crippen LogP contribution in [0.15, 0.2) is 0 Å². The summed E-state index contributed by atoms with van der Waals surface area (Å²) in [7, 11) is 3.79. The van der Waals surface area contributed by atoms with Crippen LogP contribution in [0.4, 0.5) is 8.78 Å². The van der Waals surface area contributed by atoms with Crippen LogP contribution < -0.4 is 5.32 Å². The number of alkyl halides is 2. The number of nitrogens with one attached hydrogen (secondary N) is 1. The second-order valence-corrected chi connectivity index (χ2v) is 3.72. The molecule has 1 aliphatic heterocycles. The number of hydrogen-bond acceptors (Lipinski definition) is 2. The molecule has 2 nitrogen and oxygen atoms in total. The van der Waals surface area contributed by atoms with Gasteiger partial charge in [0.25, 0.3) is 5.92 Å². The van der Waals surface area contributed by atoms with Crippen molar-refractivity contribution in [1.29, 1.82) is 0 Å². The Hall–Kier alpha value is -0.220. The summed E-state index contributed by atoms with van der Waals surface area (Å²) in [6, 6.07) is -0.0521. The Morgan fingerprint density at radius 1 is 1.50 bits per heavy atom. The third-order valence-electron chi connectivity index (χ3n) is 2.05. The predicted molar refractivity (Wildman–Crippen MR) is 44.5 cm³/mol. The van der Waals surface area contributed by atoms with E-state index in [-0.39, 0.29) is 18.9 Å². The lowest BCUT2D eigenvalue weighted by Crippen LogP contribution is -2.48. The van der Waals surface area contributed by atoms with Gasteiger partial charge in [-0.1, -0.05) is 0 Å². The predicted octanol–water partition coefficient (Wildman–Crippen LogP) is 0.935. The summed E-state index contributed by atoms with van der Waals surface area (Å²) >= 11 is 0. The second-order valence-electron chi connectivity index (χ2n) is 3.72. The van der Waals surface area contributed by atoms with Crippen molar-refractivity contribution in [1.82, 2.24) is 10.2 Å². The third kappa shape index (κ3) is 3.03. The zero-order valence-electron chi connectivity index (χ0n) is 7.61. The van der Waals surface area contributed by atoms with Gasteiger partial charge in [-0.3, -0.25) is 0 Å². The van der Waals surface area contributed by atoms with Gasteiger partial charge in [0.1, 0.15) is 0 Å². The first-order valence-electron chi connectivity index (χ1n) is 4.25. The Kier molecular flexibility index (Phi) is 3.01. The van der Waals surface area contributed by atoms with E-state index >= 15 is 0 Å². The maximum absolute atomic E-state index is 12.8. The first kappa shape index (κ1) is 9.86. The third-order valence-corrected chi connectivity index (χ3v) is 2.05. The highest BCUT2D eigenvalue weighted by atomic mass is 19.3. The molecule has 0 amide bonds. The van der Waals surface area contributed by atoms with E-state index in [4.69, 9.17) is 0 Å². The van der Waals surface area contributed by atoms with Gasteiger partial charge in [-0.25, -0.2) is 8.78 Å². The molecule has 0 aromatic rings. The molecule has 0 radical (unpaired) electrons. The first-order valence-corrected chi connectivity index (χ1v) is 4.25. The molecule has 1 rings (SSSR count). The molecular formula is C8H16F2N2. The fourth-order valence-electron chi connectivity index (χ4n) is 1.56. The smallest absolute Gasteiger partial charge is 0.250 e. The summed E-state index contributed by atoms with van der Waals surface area (Å²) in [4.78, 5) is 1.93. The zero-order valence-corrected chi connectivity index (χ0v) is 7.61. The van der Waals surface area contributed by atoms with Crippen LogP contribution in [-0.4, -0.2) is 44.0 Å². The summed E-state index contributed by atoms with van der Waals surface area (Å²) in [5, 5.41) is 3.08. The molecule has 0 aliphatic carbocycles. The number of nitrogens with zero attached hydrogens (tertiary/aromatic N) is 1. The summed E-state index contributed by atoms with van der Waals surface area (Å²) in [5.41, 5.74) is 0. The van der Waals surface area contributed by atoms with Gasteiger partial charge in [0.2, 0.25) is 0 Å². The van der Waals surface area contributed by atoms with Crippen LogP contribution in [0, 0.1) is 0 Å². The molecule has 1 saturated heterocycles. The standard InChI is InChI=1S/C8H16F2N2/c1-12(2)6-7-5-8(9,10)3-4-11-7/h7,11H,3-6H2,1-2H3/t7-/m0/s1. The van der Waals surface area contributed by atoms with Crippen molar-refractivity contribution in [2.45, 2.75) is 24.8 Å². The maximum atomic E-state index is 12.8. The van der Waals surface area contributed by atoms with Crippen LogP contribution >= 0.6 is 0 Å². The van der Waals surface area contributed by atoms with Crippen molar-refractivity contribution < 1.29 is 8.78 Å². The Morgan fingerprint density at radius 3 is 2.67 bits per heavy atom. The minimum atomic E-state index is -2.45. The fraction of sp³-hybridized carbons (Fsp3) is 1.00. The Morgan fingerprint density at radius 2 is 2.17 bits per heavy atom. The van der Waals surface area contributed by atoms with Gasteiger partial charge in [-0.05, 0) is 14.1 Å². The minimum absolute atomic E-state index is 0.0169. The fourth-order valence-corrected chi connectivity index (χ4v) is 1.56. The molecule has 1 N–H and O–H groups in total. The molecule has 0 unspecified atom stereocenters. The van der Waals surface area contributed by atoms with Gasteiger partial charge >= 0.3 is 0 Å². The van der Waals surface area contributed by atoms with Gasteiger partial charge in [-0.15, -0.1) is 0 Å². The topological polar surface area (TPSA) is 15.3 Å². The summed E-state index contributed by atoms with van der Waals surface area (Å²) < 4.78 is 25.7. The molecule has 0 spiro atoms. The average molecular weight is 178 g/mol. The first-order chi connectivity index (χ1) is 5.49. The highest BCUT2D eigenvalue weighted by Gasteiger charge is 2.35. The number of halogens is 2. The van der Waals surface area contributed by atoms with E-state index in [1.165, 1.54) is 0 Å². The lowest BCUT2D eigenvalue weighted by atomic mass is 10.0. The van der Waals surface area contributed by atoms with Gasteiger partial charge in [0, 0.05) is 32.0 Å². The molecule has 0 aromatic heterocycles. The zero-order chi connectivity index (χ0) is 9.19. The lowest BCUT2D eigenvalue weighted by Gasteiger charge is -2.31. The van der Waals surface area contributed by atoms with Crippen molar-refractivity contribution >= 4 is 0 Å². The van der Waals surface area contributed by atoms with Gasteiger partial charge in [0.05, 0.1) is 0 Å². The summed E-state index contributed by atoms with van der Waals surface area (Å²) in [6.07, 6.45) is -0.0396. The summed E-state index contributed by atoms with van der Waals surface area (Å²) in [5.74, 6) is -2.45. The molecule has 72 valence electrons. The molecule has 4 heteroatoms. The van der Waals surface area contributed by atoms with E-state index in [1.807, 2.05) is 19.0 Å². The highest BCUT2D eigenvalue weighted by molar-refractivity contribution is 4.84. The van der Waals surface area contributed by atoms with Gasteiger partial charge in [0.15, 0.2) is 0 Å². The Bertz CT molecular complexity index is 148. The largest absolute Gasteiger partial charge is 0.312 e. The Balaban J connectivity index is 2.36. The average Bonchev–Trinajstić information content (AvgIpc) is 1.82. The molecule has 1 heterocycles. The molecule has 1 aliphatic rings. The highest BCUT2D eigenvalue weighted by Crippen LogP contribution is 2.27. The van der Waals surface area contributed by atoms with Crippen molar-refractivity contribution in [3.05, 3.63) is 0 Å². The number of likely N-dealkylation sites (N-methyl/N-ethyl adjacent to an activating group) is 1. The quantitative estimate of drug-likeness (QED) is 0.677. The lowest BCUT2D eigenvalue weighted by molar-refractivity contribution is -0.0432. The monoisotopic (exact) mass is 178 g/mol. The molecule has 0 aromatic carbocycles. The Labute approximate surface area is 71.9 Å². The van der Waals surface area contributed by atoms with Crippen molar-refractivity contribution in [2.75, 3.05) is 27.2 Å². The molecular weight excluding hydrogens is 162 g/mol. The van der Waals surface area contributed by atoms with E-state index < -0.39 is 5.92 Å². The van der Waals surface area contributed by atoms with Crippen LogP contribution in [0.2, 0.25) is 0 Å². The molecule has 1 fully saturated rings. The van der Waals surface area contributed by atoms with Crippen LogP contribution in [0.25, 0.3) is 0 Å². The molecule has 1 atom stereocenters. The molecule has 0 saturated carbocycles. The van der Waals surface area contributed by atoms with Crippen LogP contribution in [0.1, 0.15) is 12.8 Å². The summed E-state index contributed by atoms with van der Waals surface area (Å²) in [6.45, 7) is 1.13. The van der Waals surface area contributed by atoms with E-state index in [0.717, 1.165) is 0 Å². The van der Waals surface area contributed by atoms with E-state index in [0.29, 0.717) is 13.1 Å². The van der Waals surface area contributed by atoms with Crippen molar-refractivity contribution in [2.24, 2.45) is 0 Å². The van der Waals surface area contributed by atoms with Crippen LogP contribution in [0.3, 0.4) is 0 Å². The van der Waals surface area contributed by atoms with Gasteiger partial charge < -0.3 is 10.2 Å². The van der Waals surface area contributed by atoms with E-state index in [9.17, 15) is 8.78 Å². The normalized spacial score (nSPS) is 29.2. The van der Waals surface area contributed by atoms with Crippen LogP contribution in [-0.2, 0) is 0 Å². The van der Waals surface area contributed by atoms with E-state index in [2.05, 4.69) is 5.32 Å². The molecule has 12 heavy (non-hydrogen) atoms. The number of hydrogen-bond donors (Lipinski definition) is 1. The molecule has 0 bridgehead atoms. The van der Waals surface area contributed by atoms with Crippen LogP contribution in [0.5, 0.6) is 0 Å².